The van der Waals surface area contributed by atoms with Crippen molar-refractivity contribution in [3.63, 3.8) is 0 Å². The van der Waals surface area contributed by atoms with Gasteiger partial charge in [0.15, 0.2) is 5.16 Å². The van der Waals surface area contributed by atoms with E-state index in [-0.39, 0.29) is 22.4 Å². The number of nitrogens with zero attached hydrogens (tertiary/aromatic N) is 3. The van der Waals surface area contributed by atoms with Crippen LogP contribution in [-0.2, 0) is 4.79 Å². The molecule has 0 saturated heterocycles. The van der Waals surface area contributed by atoms with Gasteiger partial charge < -0.3 is 5.11 Å². The van der Waals surface area contributed by atoms with Crippen LogP contribution in [0.4, 0.5) is 0 Å². The maximum absolute atomic E-state index is 11.6. The number of nitrogens with one attached hydrogen (secondary N) is 1. The zero-order valence-electron chi connectivity index (χ0n) is 11.0. The lowest BCUT2D eigenvalue weighted by Crippen LogP contribution is -2.19. The van der Waals surface area contributed by atoms with E-state index in [9.17, 15) is 9.90 Å². The molecule has 1 heterocycles. The molecule has 1 aromatic heterocycles. The minimum absolute atomic E-state index is 0.108. The molecule has 0 atom stereocenters. The number of rotatable bonds is 5. The Morgan fingerprint density at radius 3 is 2.82 bits per heavy atom. The van der Waals surface area contributed by atoms with Crippen LogP contribution in [0.2, 0.25) is 10.0 Å². The standard InChI is InChI=1S/C13H10Cl2N4O2S/c14-9-4-8(12(21)10(15)5-9)6-18-19-11(20)7-22-13-16-2-1-3-17-13/h1-6,21H,7H2,(H,19,20)/b18-6+. The zero-order valence-corrected chi connectivity index (χ0v) is 13.4. The predicted molar refractivity (Wildman–Crippen MR) is 86.6 cm³/mol. The summed E-state index contributed by atoms with van der Waals surface area (Å²) in [6.07, 6.45) is 4.45. The second-order valence-corrected chi connectivity index (χ2v) is 5.72. The summed E-state index contributed by atoms with van der Waals surface area (Å²) >= 11 is 12.8. The third-order valence-electron chi connectivity index (χ3n) is 2.32. The lowest BCUT2D eigenvalue weighted by atomic mass is 10.2. The molecule has 22 heavy (non-hydrogen) atoms. The molecule has 114 valence electrons. The van der Waals surface area contributed by atoms with E-state index in [1.165, 1.54) is 30.1 Å². The van der Waals surface area contributed by atoms with Crippen LogP contribution in [0.3, 0.4) is 0 Å². The number of carbonyl (C=O) groups is 1. The van der Waals surface area contributed by atoms with E-state index in [2.05, 4.69) is 20.5 Å². The van der Waals surface area contributed by atoms with Crippen molar-refractivity contribution < 1.29 is 9.90 Å². The van der Waals surface area contributed by atoms with Crippen molar-refractivity contribution in [2.45, 2.75) is 5.16 Å². The van der Waals surface area contributed by atoms with Gasteiger partial charge in [0.25, 0.3) is 5.91 Å². The monoisotopic (exact) mass is 356 g/mol. The molecule has 6 nitrogen and oxygen atoms in total. The fourth-order valence-electron chi connectivity index (χ4n) is 1.38. The van der Waals surface area contributed by atoms with Gasteiger partial charge in [-0.2, -0.15) is 5.10 Å². The number of halogens is 2. The van der Waals surface area contributed by atoms with Crippen molar-refractivity contribution in [1.29, 1.82) is 0 Å². The Kier molecular flexibility index (Phi) is 6.00. The third kappa shape index (κ3) is 4.87. The summed E-state index contributed by atoms with van der Waals surface area (Å²) in [4.78, 5) is 19.6. The molecule has 0 unspecified atom stereocenters. The average molecular weight is 357 g/mol. The predicted octanol–water partition coefficient (Wildman–Crippen LogP) is 2.73. The van der Waals surface area contributed by atoms with Crippen LogP contribution in [0.5, 0.6) is 5.75 Å². The third-order valence-corrected chi connectivity index (χ3v) is 3.71. The highest BCUT2D eigenvalue weighted by Crippen LogP contribution is 2.29. The Hall–Kier alpha value is -1.83. The van der Waals surface area contributed by atoms with Crippen LogP contribution in [0.25, 0.3) is 0 Å². The smallest absolute Gasteiger partial charge is 0.250 e. The second-order valence-electron chi connectivity index (χ2n) is 3.94. The van der Waals surface area contributed by atoms with E-state index >= 15 is 0 Å². The van der Waals surface area contributed by atoms with Crippen molar-refractivity contribution in [3.8, 4) is 5.75 Å². The Bertz CT molecular complexity index is 698. The normalized spacial score (nSPS) is 10.8. The number of phenolic OH excluding ortho intramolecular Hbond substituents is 1. The molecule has 2 rings (SSSR count). The van der Waals surface area contributed by atoms with Crippen LogP contribution < -0.4 is 5.43 Å². The van der Waals surface area contributed by atoms with Crippen LogP contribution in [0.1, 0.15) is 5.56 Å². The first-order valence-electron chi connectivity index (χ1n) is 5.96. The molecular weight excluding hydrogens is 347 g/mol. The highest BCUT2D eigenvalue weighted by molar-refractivity contribution is 7.99. The van der Waals surface area contributed by atoms with E-state index in [0.29, 0.717) is 15.7 Å². The van der Waals surface area contributed by atoms with Crippen LogP contribution >= 0.6 is 35.0 Å². The van der Waals surface area contributed by atoms with Crippen molar-refractivity contribution in [2.75, 3.05) is 5.75 Å². The fourth-order valence-corrected chi connectivity index (χ4v) is 2.49. The second kappa shape index (κ2) is 7.98. The lowest BCUT2D eigenvalue weighted by molar-refractivity contribution is -0.118. The van der Waals surface area contributed by atoms with Gasteiger partial charge in [0, 0.05) is 23.0 Å². The van der Waals surface area contributed by atoms with E-state index in [1.54, 1.807) is 18.5 Å². The molecule has 0 saturated carbocycles. The highest BCUT2D eigenvalue weighted by atomic mass is 35.5. The van der Waals surface area contributed by atoms with Gasteiger partial charge in [-0.05, 0) is 18.2 Å². The number of carbonyl (C=O) groups excluding carboxylic acids is 1. The molecule has 2 N–H and O–H groups in total. The number of hydrazone groups is 1. The molecule has 0 aliphatic heterocycles. The Morgan fingerprint density at radius 1 is 1.36 bits per heavy atom. The number of aromatic hydroxyl groups is 1. The number of hydrogen-bond donors (Lipinski definition) is 2. The molecule has 0 bridgehead atoms. The van der Waals surface area contributed by atoms with Gasteiger partial charge in [0.05, 0.1) is 17.0 Å². The van der Waals surface area contributed by atoms with Crippen molar-refractivity contribution >= 4 is 47.1 Å². The van der Waals surface area contributed by atoms with Crippen LogP contribution in [0, 0.1) is 0 Å². The number of phenols is 1. The molecule has 0 aliphatic carbocycles. The number of aromatic nitrogens is 2. The zero-order chi connectivity index (χ0) is 15.9. The van der Waals surface area contributed by atoms with Gasteiger partial charge in [0.1, 0.15) is 5.75 Å². The molecule has 0 radical (unpaired) electrons. The molecule has 0 aliphatic rings. The molecule has 0 spiro atoms. The van der Waals surface area contributed by atoms with Gasteiger partial charge in [-0.1, -0.05) is 35.0 Å². The number of amides is 1. The minimum Gasteiger partial charge on any atom is -0.506 e. The number of hydrogen-bond acceptors (Lipinski definition) is 6. The van der Waals surface area contributed by atoms with Gasteiger partial charge in [-0.3, -0.25) is 4.79 Å². The van der Waals surface area contributed by atoms with Crippen molar-refractivity contribution in [1.82, 2.24) is 15.4 Å². The van der Waals surface area contributed by atoms with E-state index < -0.39 is 0 Å². The fraction of sp³-hybridized carbons (Fsp3) is 0.0769. The minimum atomic E-state index is -0.332. The Labute approximate surface area is 140 Å². The molecular formula is C13H10Cl2N4O2S. The van der Waals surface area contributed by atoms with Gasteiger partial charge >= 0.3 is 0 Å². The highest BCUT2D eigenvalue weighted by Gasteiger charge is 2.06. The maximum atomic E-state index is 11.6. The SMILES string of the molecule is O=C(CSc1ncccn1)N/N=C/c1cc(Cl)cc(Cl)c1O. The maximum Gasteiger partial charge on any atom is 0.250 e. The summed E-state index contributed by atoms with van der Waals surface area (Å²) in [6, 6.07) is 4.58. The Morgan fingerprint density at radius 2 is 2.09 bits per heavy atom. The molecule has 2 aromatic rings. The largest absolute Gasteiger partial charge is 0.506 e. The van der Waals surface area contributed by atoms with E-state index in [0.717, 1.165) is 0 Å². The summed E-state index contributed by atoms with van der Waals surface area (Å²) in [5, 5.41) is 14.4. The summed E-state index contributed by atoms with van der Waals surface area (Å²) in [6.45, 7) is 0. The van der Waals surface area contributed by atoms with Gasteiger partial charge in [0.2, 0.25) is 0 Å². The molecule has 0 fully saturated rings. The van der Waals surface area contributed by atoms with Gasteiger partial charge in [-0.25, -0.2) is 15.4 Å². The lowest BCUT2D eigenvalue weighted by Gasteiger charge is -2.02. The number of thioether (sulfide) groups is 1. The van der Waals surface area contributed by atoms with Crippen LogP contribution in [0.15, 0.2) is 40.9 Å². The topological polar surface area (TPSA) is 87.5 Å². The number of benzene rings is 1. The summed E-state index contributed by atoms with van der Waals surface area (Å²) in [5.41, 5.74) is 2.63. The first-order valence-corrected chi connectivity index (χ1v) is 7.70. The van der Waals surface area contributed by atoms with E-state index in [1.807, 2.05) is 0 Å². The molecule has 9 heteroatoms. The first-order chi connectivity index (χ1) is 10.6. The molecule has 1 aromatic carbocycles. The average Bonchev–Trinajstić information content (AvgIpc) is 2.51. The quantitative estimate of drug-likeness (QED) is 0.372. The summed E-state index contributed by atoms with van der Waals surface area (Å²) < 4.78 is 0. The van der Waals surface area contributed by atoms with Crippen molar-refractivity contribution in [3.05, 3.63) is 46.2 Å². The first kappa shape index (κ1) is 16.5. The summed E-state index contributed by atoms with van der Waals surface area (Å²) in [7, 11) is 0. The Balaban J connectivity index is 1.88. The van der Waals surface area contributed by atoms with Gasteiger partial charge in [-0.15, -0.1) is 0 Å². The molecule has 1 amide bonds. The van der Waals surface area contributed by atoms with Crippen LogP contribution in [-0.4, -0.2) is 32.9 Å². The van der Waals surface area contributed by atoms with E-state index in [4.69, 9.17) is 23.2 Å². The van der Waals surface area contributed by atoms with Crippen molar-refractivity contribution in [2.24, 2.45) is 5.10 Å². The summed E-state index contributed by atoms with van der Waals surface area (Å²) in [5.74, 6) is -0.374.